The molecule has 4 rings (SSSR count). The van der Waals surface area contributed by atoms with Gasteiger partial charge in [-0.3, -0.25) is 14.4 Å². The second-order valence-corrected chi connectivity index (χ2v) is 11.2. The minimum atomic E-state index is -1.09. The van der Waals surface area contributed by atoms with Crippen LogP contribution in [0.5, 0.6) is 0 Å². The van der Waals surface area contributed by atoms with E-state index in [4.69, 9.17) is 9.47 Å². The smallest absolute Gasteiger partial charge is 0.312 e. The van der Waals surface area contributed by atoms with Gasteiger partial charge >= 0.3 is 5.97 Å². The van der Waals surface area contributed by atoms with Gasteiger partial charge in [0, 0.05) is 6.04 Å². The van der Waals surface area contributed by atoms with Crippen LogP contribution in [0.15, 0.2) is 0 Å². The highest BCUT2D eigenvalue weighted by molar-refractivity contribution is 5.98. The van der Waals surface area contributed by atoms with Crippen molar-refractivity contribution >= 4 is 17.8 Å². The molecule has 1 spiro atoms. The van der Waals surface area contributed by atoms with Gasteiger partial charge in [-0.15, -0.1) is 0 Å². The van der Waals surface area contributed by atoms with E-state index in [0.717, 1.165) is 32.1 Å². The van der Waals surface area contributed by atoms with Crippen LogP contribution < -0.4 is 5.32 Å². The first-order valence-electron chi connectivity index (χ1n) is 13.3. The molecule has 192 valence electrons. The summed E-state index contributed by atoms with van der Waals surface area (Å²) in [5.74, 6) is -2.51. The van der Waals surface area contributed by atoms with Crippen molar-refractivity contribution in [3.05, 3.63) is 0 Å². The fourth-order valence-electron chi connectivity index (χ4n) is 7.27. The largest absolute Gasteiger partial charge is 0.466 e. The van der Waals surface area contributed by atoms with Crippen LogP contribution in [0.25, 0.3) is 0 Å². The number of fused-ring (bicyclic) bond motifs is 1. The molecule has 1 saturated carbocycles. The van der Waals surface area contributed by atoms with Gasteiger partial charge in [0.2, 0.25) is 11.8 Å². The van der Waals surface area contributed by atoms with Crippen molar-refractivity contribution < 1.29 is 29.0 Å². The first kappa shape index (κ1) is 25.4. The number of rotatable bonds is 8. The summed E-state index contributed by atoms with van der Waals surface area (Å²) >= 11 is 0. The molecule has 3 unspecified atom stereocenters. The summed E-state index contributed by atoms with van der Waals surface area (Å²) in [5.41, 5.74) is -1.96. The van der Waals surface area contributed by atoms with Gasteiger partial charge in [0.05, 0.1) is 30.8 Å². The summed E-state index contributed by atoms with van der Waals surface area (Å²) in [6, 6.07) is -1.31. The van der Waals surface area contributed by atoms with Crippen LogP contribution in [-0.2, 0) is 23.9 Å². The molecule has 0 aromatic rings. The molecule has 0 aromatic heterocycles. The number of hydrogen-bond acceptors (Lipinski definition) is 6. The van der Waals surface area contributed by atoms with Crippen LogP contribution in [0.1, 0.15) is 79.6 Å². The maximum Gasteiger partial charge on any atom is 0.312 e. The Hall–Kier alpha value is -1.67. The van der Waals surface area contributed by atoms with Gasteiger partial charge in [0.1, 0.15) is 17.6 Å². The van der Waals surface area contributed by atoms with Crippen molar-refractivity contribution in [2.24, 2.45) is 23.7 Å². The lowest BCUT2D eigenvalue weighted by Gasteiger charge is -2.40. The molecule has 8 heteroatoms. The Morgan fingerprint density at radius 1 is 1.26 bits per heavy atom. The van der Waals surface area contributed by atoms with Gasteiger partial charge in [-0.1, -0.05) is 46.5 Å². The van der Waals surface area contributed by atoms with Crippen molar-refractivity contribution in [1.29, 1.82) is 0 Å². The van der Waals surface area contributed by atoms with E-state index in [1.165, 1.54) is 6.42 Å². The van der Waals surface area contributed by atoms with Crippen LogP contribution in [0.2, 0.25) is 0 Å². The number of nitrogens with one attached hydrogen (secondary N) is 1. The first-order chi connectivity index (χ1) is 16.2. The van der Waals surface area contributed by atoms with Crippen molar-refractivity contribution in [2.45, 2.75) is 109 Å². The number of likely N-dealkylation sites (tertiary alicyclic amines) is 1. The molecule has 1 aliphatic carbocycles. The van der Waals surface area contributed by atoms with Gasteiger partial charge < -0.3 is 24.8 Å². The highest BCUT2D eigenvalue weighted by atomic mass is 16.6. The first-order valence-corrected chi connectivity index (χ1v) is 13.3. The van der Waals surface area contributed by atoms with Crippen molar-refractivity contribution in [3.63, 3.8) is 0 Å². The number of amides is 2. The predicted octanol–water partition coefficient (Wildman–Crippen LogP) is 2.42. The van der Waals surface area contributed by atoms with E-state index in [1.807, 2.05) is 27.7 Å². The normalized spacial score (nSPS) is 39.1. The molecule has 0 aromatic carbocycles. The lowest BCUT2D eigenvalue weighted by Crippen LogP contribution is -2.60. The van der Waals surface area contributed by atoms with Gasteiger partial charge in [-0.2, -0.15) is 0 Å². The number of aliphatic hydroxyl groups excluding tert-OH is 1. The Kier molecular flexibility index (Phi) is 7.04. The highest BCUT2D eigenvalue weighted by Crippen LogP contribution is 2.65. The number of hydrogen-bond donors (Lipinski definition) is 2. The van der Waals surface area contributed by atoms with E-state index < -0.39 is 41.1 Å². The molecule has 3 saturated heterocycles. The predicted molar refractivity (Wildman–Crippen MR) is 126 cm³/mol. The third kappa shape index (κ3) is 3.67. The van der Waals surface area contributed by atoms with E-state index in [9.17, 15) is 19.5 Å². The number of carbonyl (C=O) groups excluding carboxylic acids is 3. The second kappa shape index (κ2) is 9.41. The van der Waals surface area contributed by atoms with Crippen molar-refractivity contribution in [1.82, 2.24) is 10.2 Å². The molecule has 4 fully saturated rings. The molecule has 34 heavy (non-hydrogen) atoms. The zero-order valence-corrected chi connectivity index (χ0v) is 21.3. The number of aliphatic hydroxyl groups is 1. The Balaban J connectivity index is 1.78. The van der Waals surface area contributed by atoms with Crippen molar-refractivity contribution in [3.8, 4) is 0 Å². The number of nitrogens with zero attached hydrogens (tertiary/aromatic N) is 1. The topological polar surface area (TPSA) is 105 Å². The number of ether oxygens (including phenoxy) is 2. The summed E-state index contributed by atoms with van der Waals surface area (Å²) in [5, 5.41) is 13.6. The average Bonchev–Trinajstić information content (AvgIpc) is 3.32. The minimum absolute atomic E-state index is 0.0135. The summed E-state index contributed by atoms with van der Waals surface area (Å²) < 4.78 is 12.1. The fraction of sp³-hybridized carbons (Fsp3) is 0.885. The van der Waals surface area contributed by atoms with Crippen LogP contribution in [0, 0.1) is 23.7 Å². The van der Waals surface area contributed by atoms with Crippen LogP contribution >= 0.6 is 0 Å². The SMILES string of the molecule is CCOC(=O)[C@@H]1[C@H]2C(=O)N([C@@H](CO)[C@@H](C)CC)C(C(=O)NC3CCCCC3)C23CC(C)[C@@]1(C)O3. The fourth-order valence-corrected chi connectivity index (χ4v) is 7.27. The van der Waals surface area contributed by atoms with Crippen LogP contribution in [0.3, 0.4) is 0 Å². The molecule has 3 aliphatic heterocycles. The maximum absolute atomic E-state index is 14.1. The summed E-state index contributed by atoms with van der Waals surface area (Å²) in [6.07, 6.45) is 6.46. The van der Waals surface area contributed by atoms with Crippen molar-refractivity contribution in [2.75, 3.05) is 13.2 Å². The molecule has 0 radical (unpaired) electrons. The van der Waals surface area contributed by atoms with E-state index in [2.05, 4.69) is 5.32 Å². The standard InChI is InChI=1S/C26H42N2O6/c1-6-15(3)18(14-29)28-21(22(30)27-17-11-9-8-10-12-17)26-13-16(4)25(5,34-26)20(19(26)23(28)31)24(32)33-7-2/h15-21,29H,6-14H2,1-5H3,(H,27,30)/t15-,16?,18-,19-,20-,21?,25+,26?/m0/s1. The molecular formula is C26H42N2O6. The van der Waals surface area contributed by atoms with Gasteiger partial charge in [-0.05, 0) is 44.9 Å². The molecular weight excluding hydrogens is 436 g/mol. The third-order valence-corrected chi connectivity index (χ3v) is 9.34. The van der Waals surface area contributed by atoms with E-state index in [-0.39, 0.29) is 42.9 Å². The lowest BCUT2D eigenvalue weighted by atomic mass is 9.62. The zero-order chi connectivity index (χ0) is 24.8. The molecule has 2 N–H and O–H groups in total. The van der Waals surface area contributed by atoms with Crippen LogP contribution in [0.4, 0.5) is 0 Å². The highest BCUT2D eigenvalue weighted by Gasteiger charge is 2.80. The summed E-state index contributed by atoms with van der Waals surface area (Å²) in [7, 11) is 0. The van der Waals surface area contributed by atoms with Gasteiger partial charge in [0.25, 0.3) is 0 Å². The Labute approximate surface area is 203 Å². The third-order valence-electron chi connectivity index (χ3n) is 9.34. The molecule has 8 atom stereocenters. The quantitative estimate of drug-likeness (QED) is 0.519. The number of esters is 1. The summed E-state index contributed by atoms with van der Waals surface area (Å²) in [6.45, 7) is 9.64. The molecule has 2 amide bonds. The van der Waals surface area contributed by atoms with Gasteiger partial charge in [0.15, 0.2) is 0 Å². The average molecular weight is 479 g/mol. The van der Waals surface area contributed by atoms with E-state index >= 15 is 0 Å². The monoisotopic (exact) mass is 478 g/mol. The molecule has 4 aliphatic rings. The number of carbonyl (C=O) groups is 3. The Morgan fingerprint density at radius 2 is 1.94 bits per heavy atom. The zero-order valence-electron chi connectivity index (χ0n) is 21.3. The van der Waals surface area contributed by atoms with E-state index in [1.54, 1.807) is 11.8 Å². The lowest BCUT2D eigenvalue weighted by molar-refractivity contribution is -0.162. The van der Waals surface area contributed by atoms with E-state index in [0.29, 0.717) is 6.42 Å². The molecule has 8 nitrogen and oxygen atoms in total. The van der Waals surface area contributed by atoms with Crippen LogP contribution in [-0.4, -0.2) is 70.3 Å². The molecule has 3 heterocycles. The maximum atomic E-state index is 14.1. The second-order valence-electron chi connectivity index (χ2n) is 11.2. The minimum Gasteiger partial charge on any atom is -0.466 e. The Bertz CT molecular complexity index is 813. The summed E-state index contributed by atoms with van der Waals surface area (Å²) in [4.78, 5) is 42.8. The van der Waals surface area contributed by atoms with Gasteiger partial charge in [-0.25, -0.2) is 0 Å². The Morgan fingerprint density at radius 3 is 2.53 bits per heavy atom. The molecule has 2 bridgehead atoms.